The Morgan fingerprint density at radius 2 is 1.82 bits per heavy atom. The molecule has 6 heteroatoms. The van der Waals surface area contributed by atoms with Crippen LogP contribution >= 0.6 is 0 Å². The molecule has 1 saturated carbocycles. The lowest BCUT2D eigenvalue weighted by atomic mass is 10.1. The van der Waals surface area contributed by atoms with Crippen molar-refractivity contribution in [2.45, 2.75) is 25.5 Å². The molecule has 2 aromatic carbocycles. The molecule has 0 heterocycles. The number of hydrogen-bond acceptors (Lipinski definition) is 5. The van der Waals surface area contributed by atoms with Gasteiger partial charge in [0.15, 0.2) is 0 Å². The molecule has 0 aliphatic heterocycles. The lowest BCUT2D eigenvalue weighted by Crippen LogP contribution is -2.26. The summed E-state index contributed by atoms with van der Waals surface area (Å²) >= 11 is 0. The van der Waals surface area contributed by atoms with Gasteiger partial charge in [-0.15, -0.1) is 0 Å². The topological polar surface area (TPSA) is 88.4 Å². The second-order valence-electron chi connectivity index (χ2n) is 6.46. The smallest absolute Gasteiger partial charge is 0.337 e. The van der Waals surface area contributed by atoms with E-state index in [4.69, 9.17) is 4.74 Å². The minimum absolute atomic E-state index is 0.0891. The predicted molar refractivity (Wildman–Crippen MR) is 103 cm³/mol. The average Bonchev–Trinajstić information content (AvgIpc) is 3.55. The second-order valence-corrected chi connectivity index (χ2v) is 6.46. The Kier molecular flexibility index (Phi) is 6.07. The van der Waals surface area contributed by atoms with Gasteiger partial charge >= 0.3 is 5.97 Å². The first-order valence-corrected chi connectivity index (χ1v) is 8.92. The maximum atomic E-state index is 12.0. The molecule has 0 unspecified atom stereocenters. The molecule has 1 aliphatic carbocycles. The van der Waals surface area contributed by atoms with E-state index in [0.29, 0.717) is 17.9 Å². The fourth-order valence-corrected chi connectivity index (χ4v) is 2.49. The summed E-state index contributed by atoms with van der Waals surface area (Å²) < 4.78 is 10.4. The minimum atomic E-state index is -0.376. The number of benzene rings is 2. The van der Waals surface area contributed by atoms with Gasteiger partial charge in [0, 0.05) is 6.04 Å². The van der Waals surface area contributed by atoms with Crippen LogP contribution in [-0.4, -0.2) is 25.0 Å². The zero-order valence-corrected chi connectivity index (χ0v) is 15.5. The maximum Gasteiger partial charge on any atom is 0.337 e. The van der Waals surface area contributed by atoms with E-state index in [0.717, 1.165) is 24.0 Å². The summed E-state index contributed by atoms with van der Waals surface area (Å²) in [5, 5.41) is 12.0. The molecule has 0 radical (unpaired) electrons. The highest BCUT2D eigenvalue weighted by Crippen LogP contribution is 2.20. The molecule has 0 spiro atoms. The van der Waals surface area contributed by atoms with E-state index in [1.165, 1.54) is 7.11 Å². The summed E-state index contributed by atoms with van der Waals surface area (Å²) in [4.78, 5) is 23.4. The number of amides is 1. The van der Waals surface area contributed by atoms with Crippen molar-refractivity contribution in [3.8, 4) is 11.8 Å². The van der Waals surface area contributed by atoms with Gasteiger partial charge in [0.25, 0.3) is 5.91 Å². The summed E-state index contributed by atoms with van der Waals surface area (Å²) in [6, 6.07) is 16.3. The zero-order chi connectivity index (χ0) is 19.9. The van der Waals surface area contributed by atoms with Gasteiger partial charge in [0.1, 0.15) is 24.0 Å². The van der Waals surface area contributed by atoms with Crippen LogP contribution in [0.4, 0.5) is 0 Å². The van der Waals surface area contributed by atoms with Crippen molar-refractivity contribution in [3.05, 3.63) is 70.8 Å². The maximum absolute atomic E-state index is 12.0. The zero-order valence-electron chi connectivity index (χ0n) is 15.5. The molecule has 1 N–H and O–H groups in total. The highest BCUT2D eigenvalue weighted by Gasteiger charge is 2.24. The van der Waals surface area contributed by atoms with E-state index in [-0.39, 0.29) is 23.5 Å². The van der Waals surface area contributed by atoms with Crippen LogP contribution in [0, 0.1) is 11.3 Å². The summed E-state index contributed by atoms with van der Waals surface area (Å²) in [6.45, 7) is 0.351. The second kappa shape index (κ2) is 8.87. The molecule has 0 saturated heterocycles. The summed E-state index contributed by atoms with van der Waals surface area (Å²) in [7, 11) is 1.34. The average molecular weight is 376 g/mol. The van der Waals surface area contributed by atoms with Crippen molar-refractivity contribution >= 4 is 18.0 Å². The van der Waals surface area contributed by atoms with Gasteiger partial charge in [-0.3, -0.25) is 4.79 Å². The lowest BCUT2D eigenvalue weighted by Gasteiger charge is -2.07. The van der Waals surface area contributed by atoms with Crippen molar-refractivity contribution in [3.63, 3.8) is 0 Å². The molecule has 0 atom stereocenters. The standard InChI is InChI=1S/C22H20N2O4/c1-27-22(26)17-6-2-16(3-7-17)14-28-20-10-4-15(5-11-20)12-18(13-23)21(25)24-19-8-9-19/h2-7,10-12,19H,8-9,14H2,1H3,(H,24,25)/b18-12+. The fourth-order valence-electron chi connectivity index (χ4n) is 2.49. The quantitative estimate of drug-likeness (QED) is 0.455. The molecular weight excluding hydrogens is 356 g/mol. The molecule has 0 aromatic heterocycles. The van der Waals surface area contributed by atoms with Crippen LogP contribution in [0.5, 0.6) is 5.75 Å². The van der Waals surface area contributed by atoms with Gasteiger partial charge in [-0.2, -0.15) is 5.26 Å². The van der Waals surface area contributed by atoms with Crippen LogP contribution in [0.1, 0.15) is 34.3 Å². The summed E-state index contributed by atoms with van der Waals surface area (Å²) in [5.41, 5.74) is 2.24. The normalized spacial score (nSPS) is 13.4. The monoisotopic (exact) mass is 376 g/mol. The van der Waals surface area contributed by atoms with Gasteiger partial charge in [-0.05, 0) is 54.3 Å². The number of nitrogens with one attached hydrogen (secondary N) is 1. The van der Waals surface area contributed by atoms with E-state index >= 15 is 0 Å². The highest BCUT2D eigenvalue weighted by atomic mass is 16.5. The number of esters is 1. The first-order chi connectivity index (χ1) is 13.6. The Balaban J connectivity index is 1.58. The molecule has 28 heavy (non-hydrogen) atoms. The van der Waals surface area contributed by atoms with Crippen LogP contribution < -0.4 is 10.1 Å². The number of nitriles is 1. The van der Waals surface area contributed by atoms with Crippen LogP contribution in [0.25, 0.3) is 6.08 Å². The predicted octanol–water partition coefficient (Wildman–Crippen LogP) is 3.24. The summed E-state index contributed by atoms with van der Waals surface area (Å²) in [6.07, 6.45) is 3.51. The van der Waals surface area contributed by atoms with E-state index in [9.17, 15) is 14.9 Å². The molecule has 0 bridgehead atoms. The number of ether oxygens (including phenoxy) is 2. The highest BCUT2D eigenvalue weighted by molar-refractivity contribution is 6.01. The molecule has 1 amide bonds. The Hall–Kier alpha value is -3.59. The molecule has 1 aliphatic rings. The number of carbonyl (C=O) groups is 2. The first-order valence-electron chi connectivity index (χ1n) is 8.92. The van der Waals surface area contributed by atoms with E-state index in [1.807, 2.05) is 6.07 Å². The van der Waals surface area contributed by atoms with E-state index < -0.39 is 0 Å². The SMILES string of the molecule is COC(=O)c1ccc(COc2ccc(/C=C(\C#N)C(=O)NC3CC3)cc2)cc1. The number of methoxy groups -OCH3 is 1. The third-order valence-electron chi connectivity index (χ3n) is 4.25. The Bertz CT molecular complexity index is 921. The Morgan fingerprint density at radius 1 is 1.14 bits per heavy atom. The van der Waals surface area contributed by atoms with Crippen molar-refractivity contribution in [1.29, 1.82) is 5.26 Å². The van der Waals surface area contributed by atoms with Crippen LogP contribution in [0.3, 0.4) is 0 Å². The third-order valence-corrected chi connectivity index (χ3v) is 4.25. The van der Waals surface area contributed by atoms with Gasteiger partial charge in [-0.25, -0.2) is 4.79 Å². The molecule has 142 valence electrons. The molecule has 2 aromatic rings. The number of nitrogens with zero attached hydrogens (tertiary/aromatic N) is 1. The largest absolute Gasteiger partial charge is 0.489 e. The third kappa shape index (κ3) is 5.21. The van der Waals surface area contributed by atoms with E-state index in [1.54, 1.807) is 54.6 Å². The van der Waals surface area contributed by atoms with Crippen LogP contribution in [-0.2, 0) is 16.1 Å². The van der Waals surface area contributed by atoms with Crippen molar-refractivity contribution in [2.24, 2.45) is 0 Å². The molecule has 6 nitrogen and oxygen atoms in total. The molecule has 3 rings (SSSR count). The van der Waals surface area contributed by atoms with Gasteiger partial charge < -0.3 is 14.8 Å². The number of rotatable bonds is 7. The minimum Gasteiger partial charge on any atom is -0.489 e. The van der Waals surface area contributed by atoms with Gasteiger partial charge in [0.2, 0.25) is 0 Å². The fraction of sp³-hybridized carbons (Fsp3) is 0.227. The lowest BCUT2D eigenvalue weighted by molar-refractivity contribution is -0.117. The number of carbonyl (C=O) groups excluding carboxylic acids is 2. The molecule has 1 fully saturated rings. The Morgan fingerprint density at radius 3 is 2.39 bits per heavy atom. The van der Waals surface area contributed by atoms with Crippen LogP contribution in [0.15, 0.2) is 54.1 Å². The summed E-state index contributed by atoms with van der Waals surface area (Å²) in [5.74, 6) is -0.0467. The van der Waals surface area contributed by atoms with Gasteiger partial charge in [0.05, 0.1) is 12.7 Å². The number of hydrogen-bond donors (Lipinski definition) is 1. The van der Waals surface area contributed by atoms with Crippen molar-refractivity contribution < 1.29 is 19.1 Å². The Labute approximate surface area is 163 Å². The molecular formula is C22H20N2O4. The van der Waals surface area contributed by atoms with Crippen molar-refractivity contribution in [2.75, 3.05) is 7.11 Å². The van der Waals surface area contributed by atoms with Gasteiger partial charge in [-0.1, -0.05) is 24.3 Å². The van der Waals surface area contributed by atoms with Crippen LogP contribution in [0.2, 0.25) is 0 Å². The van der Waals surface area contributed by atoms with E-state index in [2.05, 4.69) is 10.1 Å². The van der Waals surface area contributed by atoms with Crippen molar-refractivity contribution in [1.82, 2.24) is 5.32 Å². The first kappa shape index (κ1) is 19.2.